The van der Waals surface area contributed by atoms with Gasteiger partial charge in [0.05, 0.1) is 25.6 Å². The molecule has 6 heteroatoms. The van der Waals surface area contributed by atoms with Gasteiger partial charge in [0, 0.05) is 35.7 Å². The van der Waals surface area contributed by atoms with E-state index in [0.717, 1.165) is 33.5 Å². The van der Waals surface area contributed by atoms with Crippen LogP contribution < -0.4 is 14.8 Å². The van der Waals surface area contributed by atoms with E-state index in [2.05, 4.69) is 26.6 Å². The summed E-state index contributed by atoms with van der Waals surface area (Å²) in [5.41, 5.74) is 2.80. The smallest absolute Gasteiger partial charge is 0.161 e. The summed E-state index contributed by atoms with van der Waals surface area (Å²) < 4.78 is 10.7. The summed E-state index contributed by atoms with van der Waals surface area (Å²) in [6.07, 6.45) is 4.29. The minimum Gasteiger partial charge on any atom is -0.497 e. The maximum atomic E-state index is 5.48. The summed E-state index contributed by atoms with van der Waals surface area (Å²) in [4.78, 5) is 4.18. The maximum absolute atomic E-state index is 5.48. The Hall–Kier alpha value is -3.67. The minimum absolute atomic E-state index is 0.671. The Morgan fingerprint density at radius 2 is 1.75 bits per heavy atom. The van der Waals surface area contributed by atoms with Crippen molar-refractivity contribution in [1.29, 1.82) is 0 Å². The standard InChI is InChI=1S/C22H20N4O2/c1-27-16-9-10-19(21(13-16)28-2)24-22-18-8-4-3-7-17(18)20(25-26-22)12-15-6-5-11-23-14-15/h3-11,13-14H,12H2,1-2H3,(H,24,26). The molecule has 0 saturated carbocycles. The summed E-state index contributed by atoms with van der Waals surface area (Å²) in [7, 11) is 3.25. The van der Waals surface area contributed by atoms with Crippen LogP contribution in [-0.2, 0) is 6.42 Å². The number of hydrogen-bond donors (Lipinski definition) is 1. The van der Waals surface area contributed by atoms with Crippen LogP contribution in [0.1, 0.15) is 11.3 Å². The Kier molecular flexibility index (Phi) is 5.01. The van der Waals surface area contributed by atoms with Gasteiger partial charge in [-0.25, -0.2) is 0 Å². The first-order chi connectivity index (χ1) is 13.8. The van der Waals surface area contributed by atoms with Gasteiger partial charge in [0.15, 0.2) is 5.82 Å². The zero-order valence-corrected chi connectivity index (χ0v) is 15.7. The highest BCUT2D eigenvalue weighted by atomic mass is 16.5. The molecule has 0 aliphatic heterocycles. The van der Waals surface area contributed by atoms with Crippen LogP contribution in [0.2, 0.25) is 0 Å². The van der Waals surface area contributed by atoms with E-state index in [1.165, 1.54) is 0 Å². The van der Waals surface area contributed by atoms with Crippen LogP contribution >= 0.6 is 0 Å². The van der Waals surface area contributed by atoms with Gasteiger partial charge in [-0.05, 0) is 23.8 Å². The molecule has 0 bridgehead atoms. The summed E-state index contributed by atoms with van der Waals surface area (Å²) in [6.45, 7) is 0. The molecule has 28 heavy (non-hydrogen) atoms. The molecule has 0 atom stereocenters. The first-order valence-corrected chi connectivity index (χ1v) is 8.90. The van der Waals surface area contributed by atoms with Crippen LogP contribution in [-0.4, -0.2) is 29.4 Å². The predicted molar refractivity (Wildman–Crippen MR) is 109 cm³/mol. The van der Waals surface area contributed by atoms with Gasteiger partial charge in [-0.2, -0.15) is 5.10 Å². The third kappa shape index (κ3) is 3.57. The van der Waals surface area contributed by atoms with Crippen molar-refractivity contribution in [3.05, 3.63) is 78.2 Å². The SMILES string of the molecule is COc1ccc(Nc2nnc(Cc3cccnc3)c3ccccc23)c(OC)c1. The van der Waals surface area contributed by atoms with Crippen LogP contribution in [0.5, 0.6) is 11.5 Å². The molecule has 4 rings (SSSR count). The van der Waals surface area contributed by atoms with Crippen molar-refractivity contribution in [2.45, 2.75) is 6.42 Å². The first kappa shape index (κ1) is 17.7. The molecule has 140 valence electrons. The highest BCUT2D eigenvalue weighted by Crippen LogP contribution is 2.33. The van der Waals surface area contributed by atoms with Crippen molar-refractivity contribution in [2.75, 3.05) is 19.5 Å². The van der Waals surface area contributed by atoms with Crippen LogP contribution in [0.15, 0.2) is 67.0 Å². The molecule has 2 heterocycles. The number of ether oxygens (including phenoxy) is 2. The van der Waals surface area contributed by atoms with E-state index >= 15 is 0 Å². The van der Waals surface area contributed by atoms with Crippen LogP contribution in [0.3, 0.4) is 0 Å². The van der Waals surface area contributed by atoms with Crippen molar-refractivity contribution < 1.29 is 9.47 Å². The minimum atomic E-state index is 0.671. The van der Waals surface area contributed by atoms with Crippen molar-refractivity contribution in [2.24, 2.45) is 0 Å². The highest BCUT2D eigenvalue weighted by molar-refractivity contribution is 5.95. The lowest BCUT2D eigenvalue weighted by molar-refractivity contribution is 0.395. The van der Waals surface area contributed by atoms with Crippen LogP contribution in [0.25, 0.3) is 10.8 Å². The molecular formula is C22H20N4O2. The summed E-state index contributed by atoms with van der Waals surface area (Å²) in [6, 6.07) is 17.7. The fourth-order valence-electron chi connectivity index (χ4n) is 3.11. The average molecular weight is 372 g/mol. The molecule has 6 nitrogen and oxygen atoms in total. The van der Waals surface area contributed by atoms with Crippen molar-refractivity contribution in [3.63, 3.8) is 0 Å². The fraction of sp³-hybridized carbons (Fsp3) is 0.136. The maximum Gasteiger partial charge on any atom is 0.161 e. The number of benzene rings is 2. The number of nitrogens with one attached hydrogen (secondary N) is 1. The molecule has 2 aromatic carbocycles. The molecule has 0 aliphatic carbocycles. The van der Waals surface area contributed by atoms with Gasteiger partial charge in [-0.1, -0.05) is 30.3 Å². The van der Waals surface area contributed by atoms with Gasteiger partial charge >= 0.3 is 0 Å². The summed E-state index contributed by atoms with van der Waals surface area (Å²) in [5.74, 6) is 2.07. The number of anilines is 2. The lowest BCUT2D eigenvalue weighted by atomic mass is 10.1. The van der Waals surface area contributed by atoms with Crippen LogP contribution in [0, 0.1) is 0 Å². The Labute approximate surface area is 163 Å². The molecule has 0 spiro atoms. The quantitative estimate of drug-likeness (QED) is 0.542. The van der Waals surface area contributed by atoms with Gasteiger partial charge in [0.2, 0.25) is 0 Å². The topological polar surface area (TPSA) is 69.2 Å². The number of nitrogens with zero attached hydrogens (tertiary/aromatic N) is 3. The van der Waals surface area contributed by atoms with Gasteiger partial charge < -0.3 is 14.8 Å². The number of methoxy groups -OCH3 is 2. The molecule has 0 saturated heterocycles. The highest BCUT2D eigenvalue weighted by Gasteiger charge is 2.12. The van der Waals surface area contributed by atoms with Crippen molar-refractivity contribution >= 4 is 22.3 Å². The summed E-state index contributed by atoms with van der Waals surface area (Å²) in [5, 5.41) is 14.3. The molecule has 1 N–H and O–H groups in total. The van der Waals surface area contributed by atoms with Crippen LogP contribution in [0.4, 0.5) is 11.5 Å². The fourth-order valence-corrected chi connectivity index (χ4v) is 3.11. The third-order valence-corrected chi connectivity index (χ3v) is 4.52. The van der Waals surface area contributed by atoms with Gasteiger partial charge in [-0.3, -0.25) is 4.98 Å². The number of fused-ring (bicyclic) bond motifs is 1. The zero-order valence-electron chi connectivity index (χ0n) is 15.7. The van der Waals surface area contributed by atoms with Gasteiger partial charge in [0.25, 0.3) is 0 Å². The van der Waals surface area contributed by atoms with E-state index in [0.29, 0.717) is 18.0 Å². The van der Waals surface area contributed by atoms with E-state index in [9.17, 15) is 0 Å². The molecule has 0 amide bonds. The Balaban J connectivity index is 1.72. The number of pyridine rings is 1. The molecular weight excluding hydrogens is 352 g/mol. The number of rotatable bonds is 6. The second-order valence-corrected chi connectivity index (χ2v) is 6.27. The molecule has 0 aliphatic rings. The molecule has 0 fully saturated rings. The van der Waals surface area contributed by atoms with E-state index in [-0.39, 0.29) is 0 Å². The Morgan fingerprint density at radius 1 is 0.893 bits per heavy atom. The van der Waals surface area contributed by atoms with E-state index in [1.54, 1.807) is 20.4 Å². The van der Waals surface area contributed by atoms with E-state index < -0.39 is 0 Å². The van der Waals surface area contributed by atoms with Crippen molar-refractivity contribution in [3.8, 4) is 11.5 Å². The molecule has 0 unspecified atom stereocenters. The average Bonchev–Trinajstić information content (AvgIpc) is 2.76. The summed E-state index contributed by atoms with van der Waals surface area (Å²) >= 11 is 0. The normalized spacial score (nSPS) is 10.6. The lowest BCUT2D eigenvalue weighted by Crippen LogP contribution is -2.03. The number of aromatic nitrogens is 3. The van der Waals surface area contributed by atoms with Gasteiger partial charge in [-0.15, -0.1) is 5.10 Å². The Morgan fingerprint density at radius 3 is 2.50 bits per heavy atom. The molecule has 2 aromatic heterocycles. The van der Waals surface area contributed by atoms with Gasteiger partial charge in [0.1, 0.15) is 11.5 Å². The van der Waals surface area contributed by atoms with Crippen molar-refractivity contribution in [1.82, 2.24) is 15.2 Å². The van der Waals surface area contributed by atoms with E-state index in [1.807, 2.05) is 54.7 Å². The largest absolute Gasteiger partial charge is 0.497 e. The Bertz CT molecular complexity index is 1100. The third-order valence-electron chi connectivity index (χ3n) is 4.52. The first-order valence-electron chi connectivity index (χ1n) is 8.90. The lowest BCUT2D eigenvalue weighted by Gasteiger charge is -2.14. The molecule has 0 radical (unpaired) electrons. The second-order valence-electron chi connectivity index (χ2n) is 6.27. The number of hydrogen-bond acceptors (Lipinski definition) is 6. The predicted octanol–water partition coefficient (Wildman–Crippen LogP) is 4.38. The monoisotopic (exact) mass is 372 g/mol. The zero-order chi connectivity index (χ0) is 19.3. The second kappa shape index (κ2) is 7.92. The van der Waals surface area contributed by atoms with E-state index in [4.69, 9.17) is 9.47 Å². The molecule has 4 aromatic rings.